The Morgan fingerprint density at radius 3 is 2.71 bits per heavy atom. The number of para-hydroxylation sites is 1. The van der Waals surface area contributed by atoms with Crippen LogP contribution in [0.4, 0.5) is 5.69 Å². The summed E-state index contributed by atoms with van der Waals surface area (Å²) >= 11 is 1.76. The van der Waals surface area contributed by atoms with Gasteiger partial charge in [0.1, 0.15) is 0 Å². The maximum atomic E-state index is 12.3. The van der Waals surface area contributed by atoms with Crippen molar-refractivity contribution in [2.45, 2.75) is 40.9 Å². The highest BCUT2D eigenvalue weighted by molar-refractivity contribution is 8.00. The summed E-state index contributed by atoms with van der Waals surface area (Å²) in [5.74, 6) is 0. The zero-order valence-corrected chi connectivity index (χ0v) is 13.1. The van der Waals surface area contributed by atoms with E-state index in [9.17, 15) is 8.42 Å². The molecule has 0 saturated heterocycles. The number of hydrogen-bond donors (Lipinski definition) is 2. The smallest absolute Gasteiger partial charge is 0.279 e. The Morgan fingerprint density at radius 1 is 1.24 bits per heavy atom. The molecule has 2 N–H and O–H groups in total. The van der Waals surface area contributed by atoms with E-state index in [0.717, 1.165) is 4.90 Å². The van der Waals surface area contributed by atoms with Crippen LogP contribution in [0.5, 0.6) is 0 Å². The van der Waals surface area contributed by atoms with Crippen molar-refractivity contribution in [2.24, 2.45) is 0 Å². The molecule has 0 spiro atoms. The Morgan fingerprint density at radius 2 is 2.00 bits per heavy atom. The fourth-order valence-electron chi connectivity index (χ4n) is 2.43. The summed E-state index contributed by atoms with van der Waals surface area (Å²) in [6, 6.07) is 7.54. The highest BCUT2D eigenvalue weighted by Gasteiger charge is 2.20. The number of benzene rings is 1. The van der Waals surface area contributed by atoms with Crippen molar-refractivity contribution < 1.29 is 8.42 Å². The van der Waals surface area contributed by atoms with Gasteiger partial charge in [-0.15, -0.1) is 11.8 Å². The molecular formula is C14H17N3O2S2. The molecule has 1 saturated carbocycles. The van der Waals surface area contributed by atoms with E-state index in [0.29, 0.717) is 10.9 Å². The molecule has 1 fully saturated rings. The molecule has 21 heavy (non-hydrogen) atoms. The van der Waals surface area contributed by atoms with Crippen LogP contribution in [0, 0.1) is 0 Å². The SMILES string of the molecule is O=S(=O)(Nc1ccccc1SC1CCCC1)c1cnc[nH]1. The molecule has 0 bridgehead atoms. The van der Waals surface area contributed by atoms with Crippen LogP contribution in [0.2, 0.25) is 0 Å². The van der Waals surface area contributed by atoms with Gasteiger partial charge in [-0.3, -0.25) is 4.72 Å². The van der Waals surface area contributed by atoms with Crippen molar-refractivity contribution in [1.82, 2.24) is 9.97 Å². The molecular weight excluding hydrogens is 306 g/mol. The molecule has 1 aliphatic carbocycles. The van der Waals surface area contributed by atoms with Crippen molar-refractivity contribution in [3.63, 3.8) is 0 Å². The van der Waals surface area contributed by atoms with Crippen molar-refractivity contribution in [3.05, 3.63) is 36.8 Å². The maximum Gasteiger partial charge on any atom is 0.279 e. The molecule has 0 atom stereocenters. The Hall–Kier alpha value is -1.47. The molecule has 3 rings (SSSR count). The van der Waals surface area contributed by atoms with Gasteiger partial charge in [-0.2, -0.15) is 8.42 Å². The van der Waals surface area contributed by atoms with E-state index in [1.165, 1.54) is 38.2 Å². The quantitative estimate of drug-likeness (QED) is 0.886. The molecule has 0 unspecified atom stereocenters. The molecule has 2 aromatic rings. The monoisotopic (exact) mass is 323 g/mol. The molecule has 0 amide bonds. The molecule has 1 heterocycles. The number of nitrogens with zero attached hydrogens (tertiary/aromatic N) is 1. The number of aromatic nitrogens is 2. The summed E-state index contributed by atoms with van der Waals surface area (Å²) in [6.07, 6.45) is 7.58. The number of rotatable bonds is 5. The average Bonchev–Trinajstić information content (AvgIpc) is 3.13. The van der Waals surface area contributed by atoms with Crippen molar-refractivity contribution >= 4 is 27.5 Å². The van der Waals surface area contributed by atoms with E-state index in [1.54, 1.807) is 17.8 Å². The predicted octanol–water partition coefficient (Wildman–Crippen LogP) is 3.25. The van der Waals surface area contributed by atoms with Gasteiger partial charge < -0.3 is 4.98 Å². The summed E-state index contributed by atoms with van der Waals surface area (Å²) in [7, 11) is -3.61. The fraction of sp³-hybridized carbons (Fsp3) is 0.357. The Balaban J connectivity index is 1.82. The molecule has 1 aliphatic rings. The predicted molar refractivity (Wildman–Crippen MR) is 84.0 cm³/mol. The highest BCUT2D eigenvalue weighted by atomic mass is 32.2. The van der Waals surface area contributed by atoms with Crippen molar-refractivity contribution in [2.75, 3.05) is 4.72 Å². The summed E-state index contributed by atoms with van der Waals surface area (Å²) in [5, 5.41) is 0.658. The van der Waals surface area contributed by atoms with Crippen LogP contribution in [-0.4, -0.2) is 23.6 Å². The van der Waals surface area contributed by atoms with Gasteiger partial charge in [0.15, 0.2) is 5.03 Å². The van der Waals surface area contributed by atoms with Crippen LogP contribution < -0.4 is 4.72 Å². The van der Waals surface area contributed by atoms with Gasteiger partial charge in [0, 0.05) is 10.1 Å². The number of aromatic amines is 1. The first-order chi connectivity index (χ1) is 10.1. The molecule has 0 radical (unpaired) electrons. The minimum Gasteiger partial charge on any atom is -0.334 e. The van der Waals surface area contributed by atoms with Gasteiger partial charge in [-0.1, -0.05) is 25.0 Å². The fourth-order valence-corrected chi connectivity index (χ4v) is 4.81. The van der Waals surface area contributed by atoms with Gasteiger partial charge in [0.05, 0.1) is 18.2 Å². The van der Waals surface area contributed by atoms with E-state index in [-0.39, 0.29) is 5.03 Å². The van der Waals surface area contributed by atoms with E-state index in [4.69, 9.17) is 0 Å². The van der Waals surface area contributed by atoms with Gasteiger partial charge in [0.25, 0.3) is 10.0 Å². The Bertz CT molecular complexity index is 693. The second-order valence-corrected chi connectivity index (χ2v) is 8.03. The normalized spacial score (nSPS) is 16.2. The molecule has 7 heteroatoms. The maximum absolute atomic E-state index is 12.3. The third kappa shape index (κ3) is 3.41. The van der Waals surface area contributed by atoms with Crippen LogP contribution >= 0.6 is 11.8 Å². The lowest BCUT2D eigenvalue weighted by atomic mass is 10.3. The van der Waals surface area contributed by atoms with Gasteiger partial charge in [0.2, 0.25) is 0 Å². The van der Waals surface area contributed by atoms with E-state index < -0.39 is 10.0 Å². The van der Waals surface area contributed by atoms with Crippen LogP contribution in [0.1, 0.15) is 25.7 Å². The van der Waals surface area contributed by atoms with E-state index in [2.05, 4.69) is 14.7 Å². The standard InChI is InChI=1S/C14H17N3O2S2/c18-21(19,14-9-15-10-16-14)17-12-7-3-4-8-13(12)20-11-5-1-2-6-11/h3-4,7-11,17H,1-2,5-6H2,(H,15,16). The van der Waals surface area contributed by atoms with Gasteiger partial charge in [-0.25, -0.2) is 4.98 Å². The lowest BCUT2D eigenvalue weighted by Crippen LogP contribution is -2.14. The minimum atomic E-state index is -3.61. The van der Waals surface area contributed by atoms with Gasteiger partial charge in [-0.05, 0) is 25.0 Å². The summed E-state index contributed by atoms with van der Waals surface area (Å²) in [5.41, 5.74) is 0.629. The number of thioether (sulfide) groups is 1. The Kier molecular flexibility index (Phi) is 4.21. The molecule has 1 aromatic carbocycles. The first-order valence-corrected chi connectivity index (χ1v) is 9.28. The number of hydrogen-bond acceptors (Lipinski definition) is 4. The largest absolute Gasteiger partial charge is 0.334 e. The molecule has 1 aromatic heterocycles. The second kappa shape index (κ2) is 6.11. The number of anilines is 1. The number of imidazole rings is 1. The third-order valence-corrected chi connectivity index (χ3v) is 6.20. The van der Waals surface area contributed by atoms with Crippen LogP contribution in [-0.2, 0) is 10.0 Å². The molecule has 0 aliphatic heterocycles. The lowest BCUT2D eigenvalue weighted by molar-refractivity contribution is 0.598. The third-order valence-electron chi connectivity index (χ3n) is 3.49. The first-order valence-electron chi connectivity index (χ1n) is 6.92. The van der Waals surface area contributed by atoms with Crippen LogP contribution in [0.15, 0.2) is 46.7 Å². The summed E-state index contributed by atoms with van der Waals surface area (Å²) in [4.78, 5) is 7.36. The molecule has 5 nitrogen and oxygen atoms in total. The van der Waals surface area contributed by atoms with Crippen molar-refractivity contribution in [3.8, 4) is 0 Å². The average molecular weight is 323 g/mol. The number of sulfonamides is 1. The van der Waals surface area contributed by atoms with Crippen LogP contribution in [0.25, 0.3) is 0 Å². The van der Waals surface area contributed by atoms with E-state index in [1.807, 2.05) is 18.2 Å². The highest BCUT2D eigenvalue weighted by Crippen LogP contribution is 2.38. The zero-order valence-electron chi connectivity index (χ0n) is 11.5. The number of nitrogens with one attached hydrogen (secondary N) is 2. The lowest BCUT2D eigenvalue weighted by Gasteiger charge is -2.14. The molecule has 112 valence electrons. The Labute approximate surface area is 128 Å². The second-order valence-electron chi connectivity index (χ2n) is 5.04. The minimum absolute atomic E-state index is 0.0724. The van der Waals surface area contributed by atoms with Crippen LogP contribution in [0.3, 0.4) is 0 Å². The topological polar surface area (TPSA) is 74.8 Å². The van der Waals surface area contributed by atoms with E-state index >= 15 is 0 Å². The summed E-state index contributed by atoms with van der Waals surface area (Å²) in [6.45, 7) is 0. The van der Waals surface area contributed by atoms with Gasteiger partial charge >= 0.3 is 0 Å². The zero-order chi connectivity index (χ0) is 14.7. The first kappa shape index (κ1) is 14.5. The summed E-state index contributed by atoms with van der Waals surface area (Å²) < 4.78 is 27.2. The van der Waals surface area contributed by atoms with Crippen molar-refractivity contribution in [1.29, 1.82) is 0 Å². The number of H-pyrrole nitrogens is 1.